The zero-order valence-electron chi connectivity index (χ0n) is 10.8. The van der Waals surface area contributed by atoms with Crippen LogP contribution in [0.4, 0.5) is 11.4 Å². The fraction of sp³-hybridized carbons (Fsp3) is 0.143. The number of rotatable bonds is 6. The largest absolute Gasteiger partial charge is 0.381 e. The summed E-state index contributed by atoms with van der Waals surface area (Å²) in [7, 11) is -4.00. The fourth-order valence-electron chi connectivity index (χ4n) is 1.68. The third-order valence-electron chi connectivity index (χ3n) is 2.68. The van der Waals surface area contributed by atoms with E-state index >= 15 is 0 Å². The van der Waals surface area contributed by atoms with Gasteiger partial charge in [-0.15, -0.1) is 0 Å². The SMILES string of the molecule is O=S(=O)(O)CNc1ccc(CNc2ccccc2)cc1. The van der Waals surface area contributed by atoms with Crippen LogP contribution < -0.4 is 10.6 Å². The van der Waals surface area contributed by atoms with Crippen molar-refractivity contribution < 1.29 is 13.0 Å². The Morgan fingerprint density at radius 3 is 2.05 bits per heavy atom. The molecule has 0 atom stereocenters. The van der Waals surface area contributed by atoms with Crippen LogP contribution in [-0.2, 0) is 16.7 Å². The Bertz CT molecular complexity index is 640. The number of hydrogen-bond acceptors (Lipinski definition) is 4. The van der Waals surface area contributed by atoms with Gasteiger partial charge in [-0.1, -0.05) is 30.3 Å². The Kier molecular flexibility index (Phi) is 4.60. The minimum Gasteiger partial charge on any atom is -0.381 e. The molecule has 2 aromatic rings. The van der Waals surface area contributed by atoms with Crippen LogP contribution >= 0.6 is 0 Å². The standard InChI is InChI=1S/C14H16N2O3S/c17-20(18,19)11-16-14-8-6-12(7-9-14)10-15-13-4-2-1-3-5-13/h1-9,15-16H,10-11H2,(H,17,18,19). The predicted octanol–water partition coefficient (Wildman–Crippen LogP) is 2.56. The topological polar surface area (TPSA) is 78.4 Å². The molecule has 0 spiro atoms. The molecule has 6 heteroatoms. The summed E-state index contributed by atoms with van der Waals surface area (Å²) in [6.45, 7) is 0.683. The molecule has 0 aliphatic carbocycles. The van der Waals surface area contributed by atoms with Crippen molar-refractivity contribution in [2.75, 3.05) is 16.5 Å². The number of nitrogens with one attached hydrogen (secondary N) is 2. The van der Waals surface area contributed by atoms with Crippen LogP contribution in [0.1, 0.15) is 5.56 Å². The number of benzene rings is 2. The van der Waals surface area contributed by atoms with Crippen LogP contribution in [0.15, 0.2) is 54.6 Å². The van der Waals surface area contributed by atoms with Gasteiger partial charge in [0, 0.05) is 17.9 Å². The molecule has 2 rings (SSSR count). The molecule has 0 saturated carbocycles. The molecule has 0 aliphatic heterocycles. The van der Waals surface area contributed by atoms with Gasteiger partial charge >= 0.3 is 0 Å². The van der Waals surface area contributed by atoms with Gasteiger partial charge in [0.2, 0.25) is 0 Å². The van der Waals surface area contributed by atoms with E-state index in [1.54, 1.807) is 12.1 Å². The van der Waals surface area contributed by atoms with Crippen molar-refractivity contribution in [1.29, 1.82) is 0 Å². The van der Waals surface area contributed by atoms with Crippen LogP contribution in [-0.4, -0.2) is 18.8 Å². The van der Waals surface area contributed by atoms with Crippen molar-refractivity contribution in [2.45, 2.75) is 6.54 Å². The van der Waals surface area contributed by atoms with Crippen LogP contribution in [0, 0.1) is 0 Å². The summed E-state index contributed by atoms with van der Waals surface area (Å²) >= 11 is 0. The van der Waals surface area contributed by atoms with Gasteiger partial charge in [-0.25, -0.2) is 0 Å². The number of anilines is 2. The first-order chi connectivity index (χ1) is 9.53. The van der Waals surface area contributed by atoms with Crippen LogP contribution in [0.2, 0.25) is 0 Å². The molecule has 0 aromatic heterocycles. The first-order valence-electron chi connectivity index (χ1n) is 6.10. The second-order valence-electron chi connectivity index (χ2n) is 4.32. The second-order valence-corrected chi connectivity index (χ2v) is 5.77. The first kappa shape index (κ1) is 14.4. The maximum atomic E-state index is 10.6. The van der Waals surface area contributed by atoms with Gasteiger partial charge in [-0.05, 0) is 29.8 Å². The maximum absolute atomic E-state index is 10.6. The third kappa shape index (κ3) is 4.91. The van der Waals surface area contributed by atoms with E-state index in [1.807, 2.05) is 42.5 Å². The highest BCUT2D eigenvalue weighted by Crippen LogP contribution is 2.12. The Balaban J connectivity index is 1.88. The first-order valence-corrected chi connectivity index (χ1v) is 7.71. The van der Waals surface area contributed by atoms with E-state index in [2.05, 4.69) is 10.6 Å². The zero-order chi connectivity index (χ0) is 14.4. The summed E-state index contributed by atoms with van der Waals surface area (Å²) in [5, 5.41) is 5.91. The van der Waals surface area contributed by atoms with Crippen LogP contribution in [0.5, 0.6) is 0 Å². The third-order valence-corrected chi connectivity index (χ3v) is 3.19. The molecule has 2 aromatic carbocycles. The molecule has 0 amide bonds. The highest BCUT2D eigenvalue weighted by molar-refractivity contribution is 7.85. The van der Waals surface area contributed by atoms with Gasteiger partial charge in [-0.3, -0.25) is 4.55 Å². The van der Waals surface area contributed by atoms with E-state index in [1.165, 1.54) is 0 Å². The van der Waals surface area contributed by atoms with Crippen LogP contribution in [0.25, 0.3) is 0 Å². The predicted molar refractivity (Wildman–Crippen MR) is 80.2 cm³/mol. The van der Waals surface area contributed by atoms with Gasteiger partial charge in [-0.2, -0.15) is 8.42 Å². The average molecular weight is 292 g/mol. The second kappa shape index (κ2) is 6.40. The molecule has 0 bridgehead atoms. The summed E-state index contributed by atoms with van der Waals surface area (Å²) in [6, 6.07) is 17.2. The molecule has 0 heterocycles. The van der Waals surface area contributed by atoms with E-state index < -0.39 is 16.0 Å². The van der Waals surface area contributed by atoms with Gasteiger partial charge in [0.15, 0.2) is 0 Å². The Morgan fingerprint density at radius 1 is 0.850 bits per heavy atom. The van der Waals surface area contributed by atoms with Crippen LogP contribution in [0.3, 0.4) is 0 Å². The summed E-state index contributed by atoms with van der Waals surface area (Å²) in [5.74, 6) is -0.491. The van der Waals surface area contributed by atoms with Gasteiger partial charge in [0.05, 0.1) is 0 Å². The monoisotopic (exact) mass is 292 g/mol. The van der Waals surface area contributed by atoms with E-state index in [9.17, 15) is 8.42 Å². The van der Waals surface area contributed by atoms with Crippen molar-refractivity contribution in [3.8, 4) is 0 Å². The normalized spacial score (nSPS) is 11.1. The van der Waals surface area contributed by atoms with E-state index in [0.717, 1.165) is 11.3 Å². The highest BCUT2D eigenvalue weighted by Gasteiger charge is 2.03. The van der Waals surface area contributed by atoms with Crippen molar-refractivity contribution in [1.82, 2.24) is 0 Å². The van der Waals surface area contributed by atoms with Crippen molar-refractivity contribution >= 4 is 21.5 Å². The minimum atomic E-state index is -4.00. The molecule has 106 valence electrons. The fourth-order valence-corrected chi connectivity index (χ4v) is 2.02. The highest BCUT2D eigenvalue weighted by atomic mass is 32.2. The van der Waals surface area contributed by atoms with Gasteiger partial charge in [0.1, 0.15) is 5.88 Å². The molecule has 0 saturated heterocycles. The number of hydrogen-bond donors (Lipinski definition) is 3. The lowest BCUT2D eigenvalue weighted by atomic mass is 10.2. The smallest absolute Gasteiger partial charge is 0.283 e. The molecular weight excluding hydrogens is 276 g/mol. The lowest BCUT2D eigenvalue weighted by molar-refractivity contribution is 0.485. The Morgan fingerprint density at radius 2 is 1.45 bits per heavy atom. The van der Waals surface area contributed by atoms with Gasteiger partial charge in [0.25, 0.3) is 10.1 Å². The average Bonchev–Trinajstić information content (AvgIpc) is 2.44. The van der Waals surface area contributed by atoms with E-state index in [-0.39, 0.29) is 0 Å². The summed E-state index contributed by atoms with van der Waals surface area (Å²) in [5.41, 5.74) is 2.76. The number of para-hydroxylation sites is 1. The van der Waals surface area contributed by atoms with Gasteiger partial charge < -0.3 is 10.6 Å². The molecular formula is C14H16N2O3S. The molecule has 0 radical (unpaired) electrons. The molecule has 3 N–H and O–H groups in total. The summed E-state index contributed by atoms with van der Waals surface area (Å²) in [6.07, 6.45) is 0. The Hall–Kier alpha value is -2.05. The summed E-state index contributed by atoms with van der Waals surface area (Å²) in [4.78, 5) is 0. The van der Waals surface area contributed by atoms with E-state index in [4.69, 9.17) is 4.55 Å². The molecule has 0 aliphatic rings. The quantitative estimate of drug-likeness (QED) is 0.713. The Labute approximate surface area is 118 Å². The molecule has 20 heavy (non-hydrogen) atoms. The lowest BCUT2D eigenvalue weighted by Crippen LogP contribution is -2.12. The lowest BCUT2D eigenvalue weighted by Gasteiger charge is -2.08. The van der Waals surface area contributed by atoms with Crippen molar-refractivity contribution in [3.05, 3.63) is 60.2 Å². The zero-order valence-corrected chi connectivity index (χ0v) is 11.6. The summed E-state index contributed by atoms with van der Waals surface area (Å²) < 4.78 is 29.9. The van der Waals surface area contributed by atoms with Crippen molar-refractivity contribution in [2.24, 2.45) is 0 Å². The molecule has 0 unspecified atom stereocenters. The molecule has 0 fully saturated rings. The minimum absolute atomic E-state index is 0.491. The van der Waals surface area contributed by atoms with Crippen molar-refractivity contribution in [3.63, 3.8) is 0 Å². The maximum Gasteiger partial charge on any atom is 0.283 e. The molecule has 5 nitrogen and oxygen atoms in total. The van der Waals surface area contributed by atoms with E-state index in [0.29, 0.717) is 12.2 Å².